The predicted octanol–water partition coefficient (Wildman–Crippen LogP) is 9.72. The first-order valence-electron chi connectivity index (χ1n) is 35.7. The summed E-state index contributed by atoms with van der Waals surface area (Å²) in [5, 5.41) is 120. The van der Waals surface area contributed by atoms with E-state index in [4.69, 9.17) is 28.4 Å². The van der Waals surface area contributed by atoms with Gasteiger partial charge in [0.1, 0.15) is 73.2 Å². The van der Waals surface area contributed by atoms with Crippen LogP contribution < -0.4 is 5.32 Å². The van der Waals surface area contributed by atoms with Gasteiger partial charge >= 0.3 is 0 Å². The average molecular weight is 1290 g/mol. The molecule has 0 bridgehead atoms. The van der Waals surface area contributed by atoms with Crippen LogP contribution in [0.1, 0.15) is 245 Å². The van der Waals surface area contributed by atoms with Crippen molar-refractivity contribution >= 4 is 5.91 Å². The summed E-state index contributed by atoms with van der Waals surface area (Å²) in [7, 11) is 0. The maximum Gasteiger partial charge on any atom is 0.220 e. The molecule has 0 radical (unpaired) electrons. The fourth-order valence-electron chi connectivity index (χ4n) is 11.8. The van der Waals surface area contributed by atoms with E-state index in [9.17, 15) is 61.0 Å². The maximum atomic E-state index is 13.4. The molecule has 3 aliphatic heterocycles. The van der Waals surface area contributed by atoms with Gasteiger partial charge in [0, 0.05) is 6.42 Å². The smallest absolute Gasteiger partial charge is 0.220 e. The molecule has 3 fully saturated rings. The van der Waals surface area contributed by atoms with E-state index in [1.807, 2.05) is 0 Å². The summed E-state index contributed by atoms with van der Waals surface area (Å²) >= 11 is 0. The van der Waals surface area contributed by atoms with Crippen molar-refractivity contribution in [2.24, 2.45) is 0 Å². The van der Waals surface area contributed by atoms with E-state index in [-0.39, 0.29) is 18.9 Å². The number of ether oxygens (including phenoxy) is 6. The van der Waals surface area contributed by atoms with E-state index in [0.29, 0.717) is 12.8 Å². The fraction of sp³-hybridized carbons (Fsp3) is 0.819. The number of carbonyl (C=O) groups is 1. The summed E-state index contributed by atoms with van der Waals surface area (Å²) in [6, 6.07) is -0.886. The minimum atomic E-state index is -1.97. The quantitative estimate of drug-likeness (QED) is 0.0199. The van der Waals surface area contributed by atoms with Crippen LogP contribution in [0.3, 0.4) is 0 Å². The van der Waals surface area contributed by atoms with Gasteiger partial charge in [0.15, 0.2) is 18.9 Å². The zero-order valence-corrected chi connectivity index (χ0v) is 55.8. The van der Waals surface area contributed by atoms with Crippen molar-refractivity contribution in [1.29, 1.82) is 0 Å². The normalized spacial score (nSPS) is 28.3. The topological polar surface area (TPSA) is 307 Å². The Morgan fingerprint density at radius 2 is 0.758 bits per heavy atom. The lowest BCUT2D eigenvalue weighted by Gasteiger charge is -2.48. The van der Waals surface area contributed by atoms with Crippen LogP contribution in [0.5, 0.6) is 0 Å². The highest BCUT2D eigenvalue weighted by Crippen LogP contribution is 2.33. The number of amides is 1. The van der Waals surface area contributed by atoms with Gasteiger partial charge in [-0.25, -0.2) is 0 Å². The molecule has 0 aromatic heterocycles. The van der Waals surface area contributed by atoms with Crippen molar-refractivity contribution in [3.05, 3.63) is 72.9 Å². The van der Waals surface area contributed by atoms with Crippen molar-refractivity contribution in [2.75, 3.05) is 26.4 Å². The molecule has 3 heterocycles. The molecule has 1 amide bonds. The second kappa shape index (κ2) is 53.4. The molecule has 12 N–H and O–H groups in total. The monoisotopic (exact) mass is 1290 g/mol. The second-order valence-electron chi connectivity index (χ2n) is 25.3. The van der Waals surface area contributed by atoms with Gasteiger partial charge in [0.2, 0.25) is 5.91 Å². The summed E-state index contributed by atoms with van der Waals surface area (Å²) in [6.07, 6.45) is 40.3. The van der Waals surface area contributed by atoms with Crippen molar-refractivity contribution in [1.82, 2.24) is 5.32 Å². The van der Waals surface area contributed by atoms with Gasteiger partial charge in [-0.1, -0.05) is 247 Å². The Morgan fingerprint density at radius 1 is 0.407 bits per heavy atom. The lowest BCUT2D eigenvalue weighted by atomic mass is 9.96. The van der Waals surface area contributed by atoms with Gasteiger partial charge in [-0.2, -0.15) is 0 Å². The van der Waals surface area contributed by atoms with Crippen molar-refractivity contribution < 1.29 is 89.4 Å². The number of allylic oxidation sites excluding steroid dienone is 12. The number of hydrogen-bond acceptors (Lipinski definition) is 18. The first-order valence-corrected chi connectivity index (χ1v) is 35.7. The molecule has 0 aromatic carbocycles. The number of nitrogens with one attached hydrogen (secondary N) is 1. The molecule has 528 valence electrons. The highest BCUT2D eigenvalue weighted by Gasteiger charge is 2.53. The highest BCUT2D eigenvalue weighted by atomic mass is 16.8. The van der Waals surface area contributed by atoms with E-state index < -0.39 is 124 Å². The summed E-state index contributed by atoms with van der Waals surface area (Å²) in [5.74, 6) is -0.245. The largest absolute Gasteiger partial charge is 0.394 e. The highest BCUT2D eigenvalue weighted by molar-refractivity contribution is 5.76. The molecule has 19 nitrogen and oxygen atoms in total. The van der Waals surface area contributed by atoms with Crippen molar-refractivity contribution in [2.45, 2.75) is 349 Å². The standard InChI is InChI=1S/C72H127NO18/c1-3-5-7-9-11-13-14-15-16-17-18-19-20-21-22-23-24-25-26-27-28-29-30-31-32-33-34-35-36-37-38-39-40-42-44-46-48-50-60(78)73-55(56(77)49-47-45-43-41-12-10-8-6-4-2)54-86-70-66(84)63(81)68(58(52-75)88-70)91-72-67(85)64(82)69(59(53-76)89-72)90-71-65(83)62(80)61(79)57(51-74)87-71/h5,7,11,13,15-16,18-19,21-22,24-25,55-59,61-72,74-77,79-85H,3-4,6,8-10,12,14,17,20,23,26-54H2,1-2H3,(H,73,78)/b7-5-,13-11-,16-15-,19-18-,22-21-,25-24-. The summed E-state index contributed by atoms with van der Waals surface area (Å²) in [6.45, 7) is 1.65. The van der Waals surface area contributed by atoms with Crippen LogP contribution in [0.4, 0.5) is 0 Å². The molecule has 0 aliphatic carbocycles. The molecular formula is C72H127NO18. The Labute approximate surface area is 547 Å². The summed E-state index contributed by atoms with van der Waals surface area (Å²) in [4.78, 5) is 13.4. The molecule has 91 heavy (non-hydrogen) atoms. The minimum Gasteiger partial charge on any atom is -0.394 e. The molecular weight excluding hydrogens is 1170 g/mol. The van der Waals surface area contributed by atoms with Crippen LogP contribution in [0, 0.1) is 0 Å². The number of aliphatic hydroxyl groups excluding tert-OH is 11. The van der Waals surface area contributed by atoms with Gasteiger partial charge in [0.05, 0.1) is 38.6 Å². The Hall–Kier alpha value is -2.77. The third kappa shape index (κ3) is 35.2. The van der Waals surface area contributed by atoms with Crippen molar-refractivity contribution in [3.63, 3.8) is 0 Å². The molecule has 0 aromatic rings. The maximum absolute atomic E-state index is 13.4. The minimum absolute atomic E-state index is 0.245. The van der Waals surface area contributed by atoms with Gasteiger partial charge in [-0.3, -0.25) is 4.79 Å². The van der Waals surface area contributed by atoms with E-state index >= 15 is 0 Å². The van der Waals surface area contributed by atoms with E-state index in [1.165, 1.54) is 128 Å². The van der Waals surface area contributed by atoms with Crippen LogP contribution in [0.15, 0.2) is 72.9 Å². The number of unbranched alkanes of at least 4 members (excludes halogenated alkanes) is 26. The predicted molar refractivity (Wildman–Crippen MR) is 355 cm³/mol. The third-order valence-electron chi connectivity index (χ3n) is 17.5. The molecule has 0 saturated carbocycles. The Morgan fingerprint density at radius 3 is 1.19 bits per heavy atom. The molecule has 0 spiro atoms. The number of carbonyl (C=O) groups excluding carboxylic acids is 1. The average Bonchev–Trinajstić information content (AvgIpc) is 0.826. The fourth-order valence-corrected chi connectivity index (χ4v) is 11.8. The lowest BCUT2D eigenvalue weighted by molar-refractivity contribution is -0.379. The lowest BCUT2D eigenvalue weighted by Crippen LogP contribution is -2.66. The number of aliphatic hydroxyl groups is 11. The molecule has 3 rings (SSSR count). The number of hydrogen-bond donors (Lipinski definition) is 12. The Bertz CT molecular complexity index is 1930. The summed E-state index contributed by atoms with van der Waals surface area (Å²) in [5.41, 5.74) is 0. The van der Waals surface area contributed by atoms with Crippen LogP contribution >= 0.6 is 0 Å². The SMILES string of the molecule is CC/C=C\C/C=C\C/C=C\C/C=C\C/C=C\C/C=C\CCCCCCCCCCCCCCCCCCCCC(=O)NC(COC1OC(CO)C(OC2OC(CO)C(OC3OC(CO)C(O)C(O)C3O)C(O)C2O)C(O)C1O)C(O)CCCCCCCCCCC. The van der Waals surface area contributed by atoms with Gasteiger partial charge in [-0.15, -0.1) is 0 Å². The van der Waals surface area contributed by atoms with E-state index in [1.54, 1.807) is 0 Å². The second-order valence-corrected chi connectivity index (χ2v) is 25.3. The van der Waals surface area contributed by atoms with Gasteiger partial charge in [0.25, 0.3) is 0 Å². The number of rotatable bonds is 54. The third-order valence-corrected chi connectivity index (χ3v) is 17.5. The Balaban J connectivity index is 1.29. The zero-order chi connectivity index (χ0) is 66.1. The van der Waals surface area contributed by atoms with Crippen LogP contribution in [-0.2, 0) is 33.2 Å². The van der Waals surface area contributed by atoms with E-state index in [2.05, 4.69) is 92.1 Å². The first kappa shape index (κ1) is 82.5. The van der Waals surface area contributed by atoms with Crippen LogP contribution in [0.2, 0.25) is 0 Å². The Kier molecular flexibility index (Phi) is 48.4. The zero-order valence-electron chi connectivity index (χ0n) is 55.8. The molecule has 17 unspecified atom stereocenters. The van der Waals surface area contributed by atoms with Gasteiger partial charge in [-0.05, 0) is 64.2 Å². The van der Waals surface area contributed by atoms with E-state index in [0.717, 1.165) is 83.5 Å². The molecule has 3 aliphatic rings. The van der Waals surface area contributed by atoms with Gasteiger partial charge < -0.3 is 89.9 Å². The van der Waals surface area contributed by atoms with Crippen LogP contribution in [0.25, 0.3) is 0 Å². The molecule has 19 heteroatoms. The summed E-state index contributed by atoms with van der Waals surface area (Å²) < 4.78 is 34.3. The first-order chi connectivity index (χ1) is 44.3. The van der Waals surface area contributed by atoms with Crippen molar-refractivity contribution in [3.8, 4) is 0 Å². The van der Waals surface area contributed by atoms with Crippen LogP contribution in [-0.4, -0.2) is 193 Å². The molecule has 17 atom stereocenters. The molecule has 3 saturated heterocycles.